The van der Waals surface area contributed by atoms with Crippen molar-refractivity contribution in [1.82, 2.24) is 5.32 Å². The van der Waals surface area contributed by atoms with Crippen molar-refractivity contribution in [2.75, 3.05) is 25.1 Å². The molecule has 0 heterocycles. The molecule has 1 N–H and O–H groups in total. The minimum atomic E-state index is 1.17. The van der Waals surface area contributed by atoms with Gasteiger partial charge in [0.25, 0.3) is 0 Å². The molecule has 2 heteroatoms. The van der Waals surface area contributed by atoms with Crippen LogP contribution in [0.2, 0.25) is 0 Å². The van der Waals surface area contributed by atoms with Crippen molar-refractivity contribution < 1.29 is 0 Å². The maximum absolute atomic E-state index is 3.52. The summed E-state index contributed by atoms with van der Waals surface area (Å²) in [6.45, 7) is 2.36. The van der Waals surface area contributed by atoms with Crippen molar-refractivity contribution in [3.8, 4) is 0 Å². The van der Waals surface area contributed by atoms with Gasteiger partial charge in [0.1, 0.15) is 0 Å². The molecule has 0 bridgehead atoms. The van der Waals surface area contributed by atoms with Crippen LogP contribution in [-0.4, -0.2) is 25.1 Å². The van der Waals surface area contributed by atoms with Crippen LogP contribution in [0.25, 0.3) is 0 Å². The zero-order valence-corrected chi connectivity index (χ0v) is 11.8. The van der Waals surface area contributed by atoms with E-state index >= 15 is 0 Å². The van der Waals surface area contributed by atoms with Gasteiger partial charge in [-0.2, -0.15) is 11.8 Å². The standard InChI is InChI=1S/C15H25NS/c1-17-14-8-7-13-16-12-6-5-11-15-9-3-2-4-10-15/h2-4,9-10,16H,5-8,11-14H2,1H3. The summed E-state index contributed by atoms with van der Waals surface area (Å²) in [7, 11) is 0. The molecule has 0 saturated heterocycles. The van der Waals surface area contributed by atoms with Crippen LogP contribution in [0.15, 0.2) is 30.3 Å². The van der Waals surface area contributed by atoms with Gasteiger partial charge >= 0.3 is 0 Å². The Morgan fingerprint density at radius 3 is 2.35 bits per heavy atom. The lowest BCUT2D eigenvalue weighted by Crippen LogP contribution is -2.16. The highest BCUT2D eigenvalue weighted by atomic mass is 32.2. The van der Waals surface area contributed by atoms with Crippen LogP contribution in [0, 0.1) is 0 Å². The summed E-state index contributed by atoms with van der Waals surface area (Å²) < 4.78 is 0. The highest BCUT2D eigenvalue weighted by Gasteiger charge is 1.92. The third kappa shape index (κ3) is 8.28. The molecule has 0 aliphatic carbocycles. The molecule has 0 spiro atoms. The Labute approximate surface area is 110 Å². The molecule has 0 unspecified atom stereocenters. The van der Waals surface area contributed by atoms with Gasteiger partial charge in [-0.3, -0.25) is 0 Å². The maximum Gasteiger partial charge on any atom is -0.00486 e. The van der Waals surface area contributed by atoms with E-state index in [0.717, 1.165) is 0 Å². The minimum absolute atomic E-state index is 1.17. The van der Waals surface area contributed by atoms with E-state index in [1.54, 1.807) is 0 Å². The molecule has 17 heavy (non-hydrogen) atoms. The van der Waals surface area contributed by atoms with Crippen molar-refractivity contribution in [2.45, 2.75) is 32.1 Å². The summed E-state index contributed by atoms with van der Waals surface area (Å²) in [4.78, 5) is 0. The summed E-state index contributed by atoms with van der Waals surface area (Å²) in [6, 6.07) is 10.8. The second-order valence-electron chi connectivity index (χ2n) is 4.39. The van der Waals surface area contributed by atoms with Gasteiger partial charge in [-0.15, -0.1) is 0 Å². The van der Waals surface area contributed by atoms with Gasteiger partial charge in [0.05, 0.1) is 0 Å². The van der Waals surface area contributed by atoms with Gasteiger partial charge in [0.2, 0.25) is 0 Å². The highest BCUT2D eigenvalue weighted by molar-refractivity contribution is 7.98. The van der Waals surface area contributed by atoms with Crippen LogP contribution in [0.3, 0.4) is 0 Å². The molecule has 96 valence electrons. The lowest BCUT2D eigenvalue weighted by molar-refractivity contribution is 0.601. The van der Waals surface area contributed by atoms with Gasteiger partial charge in [-0.1, -0.05) is 30.3 Å². The summed E-state index contributed by atoms with van der Waals surface area (Å²) in [5.74, 6) is 1.30. The Balaban J connectivity index is 1.85. The summed E-state index contributed by atoms with van der Waals surface area (Å²) >= 11 is 1.94. The lowest BCUT2D eigenvalue weighted by Gasteiger charge is -2.04. The third-order valence-electron chi connectivity index (χ3n) is 2.86. The largest absolute Gasteiger partial charge is 0.317 e. The number of nitrogens with one attached hydrogen (secondary N) is 1. The maximum atomic E-state index is 3.52. The van der Waals surface area contributed by atoms with Crippen molar-refractivity contribution in [2.24, 2.45) is 0 Å². The molecular weight excluding hydrogens is 226 g/mol. The highest BCUT2D eigenvalue weighted by Crippen LogP contribution is 2.03. The van der Waals surface area contributed by atoms with Crippen molar-refractivity contribution in [3.63, 3.8) is 0 Å². The fourth-order valence-electron chi connectivity index (χ4n) is 1.85. The molecule has 0 aromatic heterocycles. The van der Waals surface area contributed by atoms with E-state index in [9.17, 15) is 0 Å². The molecule has 0 aliphatic rings. The van der Waals surface area contributed by atoms with Gasteiger partial charge in [0, 0.05) is 0 Å². The summed E-state index contributed by atoms with van der Waals surface area (Å²) in [5, 5.41) is 3.52. The van der Waals surface area contributed by atoms with Crippen molar-refractivity contribution >= 4 is 11.8 Å². The summed E-state index contributed by atoms with van der Waals surface area (Å²) in [6.07, 6.45) is 8.64. The fourth-order valence-corrected chi connectivity index (χ4v) is 2.34. The second kappa shape index (κ2) is 10.7. The Morgan fingerprint density at radius 1 is 0.941 bits per heavy atom. The van der Waals surface area contributed by atoms with Crippen LogP contribution in [0.5, 0.6) is 0 Å². The van der Waals surface area contributed by atoms with Crippen LogP contribution in [-0.2, 0) is 6.42 Å². The second-order valence-corrected chi connectivity index (χ2v) is 5.38. The molecule has 0 aliphatic heterocycles. The first-order valence-corrected chi connectivity index (χ1v) is 8.06. The molecule has 0 amide bonds. The van der Waals surface area contributed by atoms with E-state index in [1.165, 1.54) is 56.5 Å². The monoisotopic (exact) mass is 251 g/mol. The number of benzene rings is 1. The van der Waals surface area contributed by atoms with E-state index in [2.05, 4.69) is 41.9 Å². The Morgan fingerprint density at radius 2 is 1.65 bits per heavy atom. The number of unbranched alkanes of at least 4 members (excludes halogenated alkanes) is 2. The number of aryl methyl sites for hydroxylation is 1. The Bertz CT molecular complexity index is 261. The van der Waals surface area contributed by atoms with Gasteiger partial charge in [-0.05, 0) is 62.8 Å². The van der Waals surface area contributed by atoms with Crippen LogP contribution in [0.1, 0.15) is 31.2 Å². The minimum Gasteiger partial charge on any atom is -0.317 e. The lowest BCUT2D eigenvalue weighted by atomic mass is 10.1. The van der Waals surface area contributed by atoms with E-state index in [0.29, 0.717) is 0 Å². The summed E-state index contributed by atoms with van der Waals surface area (Å²) in [5.41, 5.74) is 1.47. The SMILES string of the molecule is CSCCCCNCCCCc1ccccc1. The molecule has 0 radical (unpaired) electrons. The Hall–Kier alpha value is -0.470. The molecule has 1 rings (SSSR count). The smallest absolute Gasteiger partial charge is 0.00486 e. The van der Waals surface area contributed by atoms with E-state index < -0.39 is 0 Å². The molecule has 1 aromatic rings. The van der Waals surface area contributed by atoms with Crippen LogP contribution >= 0.6 is 11.8 Å². The van der Waals surface area contributed by atoms with E-state index in [1.807, 2.05) is 11.8 Å². The molecule has 0 atom stereocenters. The van der Waals surface area contributed by atoms with Crippen LogP contribution in [0.4, 0.5) is 0 Å². The van der Waals surface area contributed by atoms with E-state index in [-0.39, 0.29) is 0 Å². The zero-order chi connectivity index (χ0) is 12.2. The molecule has 1 nitrogen and oxygen atoms in total. The predicted molar refractivity (Wildman–Crippen MR) is 79.9 cm³/mol. The number of rotatable bonds is 10. The van der Waals surface area contributed by atoms with E-state index in [4.69, 9.17) is 0 Å². The van der Waals surface area contributed by atoms with Gasteiger partial charge < -0.3 is 5.32 Å². The molecule has 0 fully saturated rings. The van der Waals surface area contributed by atoms with Crippen molar-refractivity contribution in [1.29, 1.82) is 0 Å². The molecule has 1 aromatic carbocycles. The van der Waals surface area contributed by atoms with Crippen LogP contribution < -0.4 is 5.32 Å². The normalized spacial score (nSPS) is 10.6. The predicted octanol–water partition coefficient (Wildman–Crippen LogP) is 3.74. The number of hydrogen-bond acceptors (Lipinski definition) is 2. The first-order valence-electron chi connectivity index (χ1n) is 6.67. The zero-order valence-electron chi connectivity index (χ0n) is 11.0. The van der Waals surface area contributed by atoms with Crippen molar-refractivity contribution in [3.05, 3.63) is 35.9 Å². The third-order valence-corrected chi connectivity index (χ3v) is 3.56. The first-order chi connectivity index (χ1) is 8.43. The Kier molecular flexibility index (Phi) is 9.16. The number of thioether (sulfide) groups is 1. The molecule has 0 saturated carbocycles. The quantitative estimate of drug-likeness (QED) is 0.636. The first kappa shape index (κ1) is 14.6. The fraction of sp³-hybridized carbons (Fsp3) is 0.600. The average Bonchev–Trinajstić information content (AvgIpc) is 2.38. The average molecular weight is 251 g/mol. The van der Waals surface area contributed by atoms with Gasteiger partial charge in [-0.25, -0.2) is 0 Å². The number of hydrogen-bond donors (Lipinski definition) is 1. The molecular formula is C15H25NS. The topological polar surface area (TPSA) is 12.0 Å². The van der Waals surface area contributed by atoms with Gasteiger partial charge in [0.15, 0.2) is 0 Å².